The van der Waals surface area contributed by atoms with Crippen molar-refractivity contribution in [3.63, 3.8) is 0 Å². The van der Waals surface area contributed by atoms with Crippen LogP contribution in [0.15, 0.2) is 36.4 Å². The Labute approximate surface area is 181 Å². The Balaban J connectivity index is 1.28. The van der Waals surface area contributed by atoms with Crippen molar-refractivity contribution in [3.8, 4) is 11.5 Å². The minimum absolute atomic E-state index is 0.118. The summed E-state index contributed by atoms with van der Waals surface area (Å²) in [5.74, 6) is 0.527. The molecular formula is C24H28F2N2O3. The van der Waals surface area contributed by atoms with Gasteiger partial charge in [-0.3, -0.25) is 9.69 Å². The number of benzene rings is 2. The third-order valence-corrected chi connectivity index (χ3v) is 6.07. The lowest BCUT2D eigenvalue weighted by molar-refractivity contribution is -0.133. The predicted molar refractivity (Wildman–Crippen MR) is 113 cm³/mol. The third kappa shape index (κ3) is 5.15. The number of nitrogens with zero attached hydrogens (tertiary/aromatic N) is 2. The average molecular weight is 430 g/mol. The molecule has 4 rings (SSSR count). The Morgan fingerprint density at radius 3 is 2.48 bits per heavy atom. The van der Waals surface area contributed by atoms with Crippen molar-refractivity contribution in [2.45, 2.75) is 32.2 Å². The summed E-state index contributed by atoms with van der Waals surface area (Å²) < 4.78 is 38.7. The van der Waals surface area contributed by atoms with Gasteiger partial charge in [-0.2, -0.15) is 0 Å². The molecule has 2 aliphatic heterocycles. The molecule has 0 saturated carbocycles. The van der Waals surface area contributed by atoms with Crippen LogP contribution in [-0.4, -0.2) is 55.1 Å². The van der Waals surface area contributed by atoms with Crippen LogP contribution in [0, 0.1) is 11.6 Å². The molecule has 0 aromatic heterocycles. The first kappa shape index (κ1) is 21.6. The van der Waals surface area contributed by atoms with Gasteiger partial charge in [-0.05, 0) is 37.1 Å². The first-order valence-electron chi connectivity index (χ1n) is 10.9. The van der Waals surface area contributed by atoms with Gasteiger partial charge in [0.25, 0.3) is 0 Å². The molecule has 1 saturated heterocycles. The highest BCUT2D eigenvalue weighted by Crippen LogP contribution is 2.31. The molecule has 0 spiro atoms. The van der Waals surface area contributed by atoms with Gasteiger partial charge in [0.1, 0.15) is 11.6 Å². The van der Waals surface area contributed by atoms with Crippen LogP contribution in [0.25, 0.3) is 0 Å². The van der Waals surface area contributed by atoms with Gasteiger partial charge >= 0.3 is 0 Å². The molecule has 1 fully saturated rings. The summed E-state index contributed by atoms with van der Waals surface area (Å²) in [7, 11) is 0. The van der Waals surface area contributed by atoms with Crippen LogP contribution in [0.1, 0.15) is 36.9 Å². The van der Waals surface area contributed by atoms with Crippen molar-refractivity contribution in [3.05, 3.63) is 59.2 Å². The van der Waals surface area contributed by atoms with Gasteiger partial charge < -0.3 is 14.4 Å². The van der Waals surface area contributed by atoms with Crippen LogP contribution in [0.5, 0.6) is 11.5 Å². The van der Waals surface area contributed by atoms with E-state index in [4.69, 9.17) is 9.47 Å². The summed E-state index contributed by atoms with van der Waals surface area (Å²) in [4.78, 5) is 16.7. The van der Waals surface area contributed by atoms with E-state index in [9.17, 15) is 13.6 Å². The molecule has 1 atom stereocenters. The summed E-state index contributed by atoms with van der Waals surface area (Å²) >= 11 is 0. The summed E-state index contributed by atoms with van der Waals surface area (Å²) in [6, 6.07) is 9.40. The molecule has 1 unspecified atom stereocenters. The maximum atomic E-state index is 14.1. The number of aryl methyl sites for hydroxylation is 1. The molecule has 2 aromatic rings. The first-order valence-corrected chi connectivity index (χ1v) is 10.9. The number of piperazine rings is 1. The Hall–Kier alpha value is -2.67. The van der Waals surface area contributed by atoms with Gasteiger partial charge in [0.05, 0.1) is 13.2 Å². The molecule has 2 aromatic carbocycles. The van der Waals surface area contributed by atoms with E-state index >= 15 is 0 Å². The highest BCUT2D eigenvalue weighted by atomic mass is 19.1. The van der Waals surface area contributed by atoms with Crippen molar-refractivity contribution in [2.24, 2.45) is 0 Å². The molecule has 0 N–H and O–H groups in total. The summed E-state index contributed by atoms with van der Waals surface area (Å²) in [6.07, 6.45) is 1.94. The fourth-order valence-corrected chi connectivity index (χ4v) is 4.17. The number of fused-ring (bicyclic) bond motifs is 1. The van der Waals surface area contributed by atoms with Gasteiger partial charge in [0, 0.05) is 56.7 Å². The Kier molecular flexibility index (Phi) is 6.70. The number of hydrogen-bond acceptors (Lipinski definition) is 4. The molecule has 7 heteroatoms. The molecule has 0 radical (unpaired) electrons. The number of carbonyl (C=O) groups is 1. The molecular weight excluding hydrogens is 402 g/mol. The second-order valence-corrected chi connectivity index (χ2v) is 8.09. The van der Waals surface area contributed by atoms with Crippen molar-refractivity contribution in [2.75, 3.05) is 39.4 Å². The normalized spacial score (nSPS) is 17.8. The van der Waals surface area contributed by atoms with Crippen LogP contribution in [-0.2, 0) is 11.2 Å². The summed E-state index contributed by atoms with van der Waals surface area (Å²) in [6.45, 7) is 5.74. The van der Waals surface area contributed by atoms with Crippen LogP contribution < -0.4 is 9.47 Å². The summed E-state index contributed by atoms with van der Waals surface area (Å²) in [5, 5.41) is 0. The molecule has 166 valence electrons. The van der Waals surface area contributed by atoms with Crippen LogP contribution in [0.2, 0.25) is 0 Å². The molecule has 31 heavy (non-hydrogen) atoms. The van der Waals surface area contributed by atoms with E-state index in [1.807, 2.05) is 30.0 Å². The third-order valence-electron chi connectivity index (χ3n) is 6.07. The highest BCUT2D eigenvalue weighted by Gasteiger charge is 2.26. The zero-order valence-electron chi connectivity index (χ0n) is 17.8. The highest BCUT2D eigenvalue weighted by molar-refractivity contribution is 5.76. The topological polar surface area (TPSA) is 42.0 Å². The maximum Gasteiger partial charge on any atom is 0.222 e. The molecule has 2 aliphatic rings. The largest absolute Gasteiger partial charge is 0.490 e. The Morgan fingerprint density at radius 2 is 1.74 bits per heavy atom. The average Bonchev–Trinajstić information content (AvgIpc) is 3.02. The van der Waals surface area contributed by atoms with Gasteiger partial charge in [0.15, 0.2) is 11.5 Å². The SMILES string of the molecule is CC(c1ccc(F)cc1F)N1CCN(C(=O)CCc2ccc3c(c2)OCCCO3)CC1. The lowest BCUT2D eigenvalue weighted by Crippen LogP contribution is -2.49. The van der Waals surface area contributed by atoms with E-state index in [-0.39, 0.29) is 11.9 Å². The molecule has 0 bridgehead atoms. The second kappa shape index (κ2) is 9.64. The van der Waals surface area contributed by atoms with Crippen LogP contribution >= 0.6 is 0 Å². The van der Waals surface area contributed by atoms with E-state index in [0.29, 0.717) is 57.8 Å². The number of hydrogen-bond donors (Lipinski definition) is 0. The minimum Gasteiger partial charge on any atom is -0.490 e. The van der Waals surface area contributed by atoms with Crippen LogP contribution in [0.4, 0.5) is 8.78 Å². The second-order valence-electron chi connectivity index (χ2n) is 8.09. The van der Waals surface area contributed by atoms with Crippen molar-refractivity contribution >= 4 is 5.91 Å². The van der Waals surface area contributed by atoms with E-state index < -0.39 is 11.6 Å². The van der Waals surface area contributed by atoms with E-state index in [0.717, 1.165) is 29.5 Å². The lowest BCUT2D eigenvalue weighted by Gasteiger charge is -2.38. The van der Waals surface area contributed by atoms with Crippen molar-refractivity contribution in [1.82, 2.24) is 9.80 Å². The Morgan fingerprint density at radius 1 is 1.00 bits per heavy atom. The molecule has 5 nitrogen and oxygen atoms in total. The van der Waals surface area contributed by atoms with Gasteiger partial charge in [-0.15, -0.1) is 0 Å². The van der Waals surface area contributed by atoms with Gasteiger partial charge in [-0.25, -0.2) is 8.78 Å². The monoisotopic (exact) mass is 430 g/mol. The number of amides is 1. The van der Waals surface area contributed by atoms with E-state index in [1.54, 1.807) is 0 Å². The zero-order chi connectivity index (χ0) is 21.8. The standard InChI is InChI=1S/C24H28F2N2O3/c1-17(20-6-5-19(25)16-21(20)26)27-9-11-28(12-10-27)24(29)8-4-18-3-7-22-23(15-18)31-14-2-13-30-22/h3,5-7,15-17H,2,4,8-14H2,1H3. The predicted octanol–water partition coefficient (Wildman–Crippen LogP) is 3.96. The van der Waals surface area contributed by atoms with E-state index in [2.05, 4.69) is 4.90 Å². The number of rotatable bonds is 5. The lowest BCUT2D eigenvalue weighted by atomic mass is 10.0. The number of carbonyl (C=O) groups excluding carboxylic acids is 1. The minimum atomic E-state index is -0.572. The van der Waals surface area contributed by atoms with Crippen LogP contribution in [0.3, 0.4) is 0 Å². The molecule has 2 heterocycles. The Bertz CT molecular complexity index is 929. The fraction of sp³-hybridized carbons (Fsp3) is 0.458. The fourth-order valence-electron chi connectivity index (χ4n) is 4.17. The molecule has 0 aliphatic carbocycles. The maximum absolute atomic E-state index is 14.1. The molecule has 1 amide bonds. The quantitative estimate of drug-likeness (QED) is 0.720. The zero-order valence-corrected chi connectivity index (χ0v) is 17.8. The summed E-state index contributed by atoms with van der Waals surface area (Å²) in [5.41, 5.74) is 1.53. The van der Waals surface area contributed by atoms with Crippen molar-refractivity contribution < 1.29 is 23.0 Å². The number of halogens is 2. The smallest absolute Gasteiger partial charge is 0.222 e. The first-order chi connectivity index (χ1) is 15.0. The van der Waals surface area contributed by atoms with Crippen molar-refractivity contribution in [1.29, 1.82) is 0 Å². The van der Waals surface area contributed by atoms with E-state index in [1.165, 1.54) is 12.1 Å². The van der Waals surface area contributed by atoms with Gasteiger partial charge in [0.2, 0.25) is 5.91 Å². The van der Waals surface area contributed by atoms with Gasteiger partial charge in [-0.1, -0.05) is 12.1 Å². The number of ether oxygens (including phenoxy) is 2.